The number of halogens is 2. The molecule has 0 saturated heterocycles. The molecule has 7 heteroatoms. The van der Waals surface area contributed by atoms with Crippen LogP contribution in [0.15, 0.2) is 78.9 Å². The number of anilines is 2. The number of nitrogens with zero attached hydrogens (tertiary/aromatic N) is 1. The second kappa shape index (κ2) is 12.1. The molecule has 188 valence electrons. The molecule has 0 aliphatic rings. The molecule has 1 atom stereocenters. The molecule has 0 bridgehead atoms. The molecule has 0 saturated carbocycles. The minimum Gasteiger partial charge on any atom is -0.435 e. The van der Waals surface area contributed by atoms with Gasteiger partial charge in [-0.05, 0) is 71.7 Å². The van der Waals surface area contributed by atoms with Crippen molar-refractivity contribution in [1.29, 1.82) is 0 Å². The Morgan fingerprint density at radius 1 is 0.889 bits per heavy atom. The van der Waals surface area contributed by atoms with E-state index in [1.54, 1.807) is 42.5 Å². The Balaban J connectivity index is 1.64. The van der Waals surface area contributed by atoms with Gasteiger partial charge in [0.1, 0.15) is 5.75 Å². The van der Waals surface area contributed by atoms with Crippen LogP contribution >= 0.6 is 0 Å². The highest BCUT2D eigenvalue weighted by atomic mass is 19.3. The van der Waals surface area contributed by atoms with E-state index in [-0.39, 0.29) is 23.4 Å². The van der Waals surface area contributed by atoms with Gasteiger partial charge < -0.3 is 15.0 Å². The molecule has 0 spiro atoms. The number of ether oxygens (including phenoxy) is 1. The Bertz CT molecular complexity index is 1190. The van der Waals surface area contributed by atoms with Gasteiger partial charge >= 0.3 is 6.61 Å². The van der Waals surface area contributed by atoms with Crippen LogP contribution in [0, 0.1) is 5.92 Å². The molecule has 0 aliphatic heterocycles. The molecule has 5 nitrogen and oxygen atoms in total. The van der Waals surface area contributed by atoms with E-state index in [4.69, 9.17) is 0 Å². The molecule has 3 aromatic carbocycles. The zero-order valence-electron chi connectivity index (χ0n) is 20.7. The van der Waals surface area contributed by atoms with Gasteiger partial charge in [0.25, 0.3) is 0 Å². The van der Waals surface area contributed by atoms with Gasteiger partial charge in [0.05, 0.1) is 5.92 Å². The van der Waals surface area contributed by atoms with E-state index >= 15 is 0 Å². The fourth-order valence-electron chi connectivity index (χ4n) is 3.79. The first kappa shape index (κ1) is 26.6. The number of rotatable bonds is 10. The maximum absolute atomic E-state index is 13.0. The van der Waals surface area contributed by atoms with E-state index < -0.39 is 12.5 Å². The Kier molecular flexibility index (Phi) is 8.95. The third-order valence-corrected chi connectivity index (χ3v) is 5.69. The summed E-state index contributed by atoms with van der Waals surface area (Å²) in [5, 5.41) is 2.88. The van der Waals surface area contributed by atoms with Crippen LogP contribution in [0.3, 0.4) is 0 Å². The number of carbonyl (C=O) groups excluding carboxylic acids is 2. The van der Waals surface area contributed by atoms with Gasteiger partial charge in [0.2, 0.25) is 5.91 Å². The number of alkyl halides is 2. The van der Waals surface area contributed by atoms with Crippen LogP contribution in [0.2, 0.25) is 0 Å². The average molecular weight is 493 g/mol. The topological polar surface area (TPSA) is 58.6 Å². The quantitative estimate of drug-likeness (QED) is 0.255. The van der Waals surface area contributed by atoms with Crippen molar-refractivity contribution in [2.45, 2.75) is 26.4 Å². The number of hydrogen-bond acceptors (Lipinski definition) is 4. The second-order valence-electron chi connectivity index (χ2n) is 8.92. The fourth-order valence-corrected chi connectivity index (χ4v) is 3.79. The second-order valence-corrected chi connectivity index (χ2v) is 8.92. The van der Waals surface area contributed by atoms with E-state index in [2.05, 4.69) is 10.1 Å². The molecule has 0 aromatic heterocycles. The number of carbonyl (C=O) groups is 2. The first-order valence-electron chi connectivity index (χ1n) is 11.6. The monoisotopic (exact) mass is 492 g/mol. The Labute approximate surface area is 210 Å². The lowest BCUT2D eigenvalue weighted by Crippen LogP contribution is -2.25. The number of ketones is 1. The van der Waals surface area contributed by atoms with Gasteiger partial charge in [-0.3, -0.25) is 9.59 Å². The van der Waals surface area contributed by atoms with Crippen LogP contribution in [0.25, 0.3) is 6.08 Å². The zero-order chi connectivity index (χ0) is 26.2. The summed E-state index contributed by atoms with van der Waals surface area (Å²) in [4.78, 5) is 27.6. The number of nitrogens with one attached hydrogen (secondary N) is 1. The molecule has 1 amide bonds. The molecule has 3 rings (SSSR count). The highest BCUT2D eigenvalue weighted by Gasteiger charge is 2.24. The van der Waals surface area contributed by atoms with E-state index in [9.17, 15) is 18.4 Å². The van der Waals surface area contributed by atoms with E-state index in [0.29, 0.717) is 16.8 Å². The Morgan fingerprint density at radius 2 is 1.50 bits per heavy atom. The summed E-state index contributed by atoms with van der Waals surface area (Å²) in [6.45, 7) is 0.923. The lowest BCUT2D eigenvalue weighted by atomic mass is 9.87. The minimum absolute atomic E-state index is 0.0374. The Hall–Kier alpha value is -4.00. The van der Waals surface area contributed by atoms with Crippen LogP contribution in [-0.2, 0) is 4.79 Å². The van der Waals surface area contributed by atoms with Crippen molar-refractivity contribution in [3.63, 3.8) is 0 Å². The zero-order valence-corrected chi connectivity index (χ0v) is 20.7. The van der Waals surface area contributed by atoms with Gasteiger partial charge in [-0.2, -0.15) is 8.78 Å². The van der Waals surface area contributed by atoms with Gasteiger partial charge in [0.15, 0.2) is 5.78 Å². The van der Waals surface area contributed by atoms with Crippen molar-refractivity contribution in [3.8, 4) is 5.75 Å². The summed E-state index contributed by atoms with van der Waals surface area (Å²) in [6, 6.07) is 20.6. The number of allylic oxidation sites excluding steroid dienone is 1. The largest absolute Gasteiger partial charge is 0.435 e. The molecule has 0 fully saturated rings. The van der Waals surface area contributed by atoms with Crippen LogP contribution < -0.4 is 15.0 Å². The van der Waals surface area contributed by atoms with Gasteiger partial charge in [-0.1, -0.05) is 44.2 Å². The fraction of sp³-hybridized carbons (Fsp3) is 0.241. The summed E-state index contributed by atoms with van der Waals surface area (Å²) in [6.07, 6.45) is 3.29. The SMILES string of the molecule is CC(C)C(C(=O)Nc1ccc(C(=O)/C=C/c2ccc(N(C)C)cc2)cc1)c1ccc(OC(F)F)cc1. The van der Waals surface area contributed by atoms with Crippen molar-refractivity contribution < 1.29 is 23.1 Å². The Morgan fingerprint density at radius 3 is 2.03 bits per heavy atom. The summed E-state index contributed by atoms with van der Waals surface area (Å²) in [5.41, 5.74) is 3.76. The maximum Gasteiger partial charge on any atom is 0.387 e. The summed E-state index contributed by atoms with van der Waals surface area (Å²) >= 11 is 0. The first-order chi connectivity index (χ1) is 17.1. The van der Waals surface area contributed by atoms with Crippen molar-refractivity contribution in [3.05, 3.63) is 95.6 Å². The van der Waals surface area contributed by atoms with Gasteiger partial charge in [0, 0.05) is 31.0 Å². The van der Waals surface area contributed by atoms with E-state index in [0.717, 1.165) is 11.3 Å². The lowest BCUT2D eigenvalue weighted by molar-refractivity contribution is -0.118. The van der Waals surface area contributed by atoms with E-state index in [1.165, 1.54) is 18.2 Å². The maximum atomic E-state index is 13.0. The predicted octanol–water partition coefficient (Wildman–Crippen LogP) is 6.63. The van der Waals surface area contributed by atoms with Crippen molar-refractivity contribution in [1.82, 2.24) is 0 Å². The average Bonchev–Trinajstić information content (AvgIpc) is 2.84. The third kappa shape index (κ3) is 7.25. The standard InChI is InChI=1S/C29H30F2N2O3/c1-19(2)27(22-10-16-25(17-11-22)36-29(30)31)28(35)32-23-12-8-21(9-13-23)26(34)18-7-20-5-14-24(15-6-20)33(3)4/h5-19,27,29H,1-4H3,(H,32,35)/b18-7+. The molecule has 0 aliphatic carbocycles. The minimum atomic E-state index is -2.90. The summed E-state index contributed by atoms with van der Waals surface area (Å²) in [5.74, 6) is -0.863. The van der Waals surface area contributed by atoms with Crippen LogP contribution in [-0.4, -0.2) is 32.4 Å². The summed E-state index contributed by atoms with van der Waals surface area (Å²) < 4.78 is 29.2. The van der Waals surface area contributed by atoms with Gasteiger partial charge in [-0.25, -0.2) is 0 Å². The molecule has 1 N–H and O–H groups in total. The molecule has 0 heterocycles. The number of amides is 1. The molecule has 1 unspecified atom stereocenters. The molecule has 3 aromatic rings. The summed E-state index contributed by atoms with van der Waals surface area (Å²) in [7, 11) is 3.93. The smallest absolute Gasteiger partial charge is 0.387 e. The molecular formula is C29H30F2N2O3. The van der Waals surface area contributed by atoms with E-state index in [1.807, 2.05) is 57.1 Å². The van der Waals surface area contributed by atoms with Crippen LogP contribution in [0.4, 0.5) is 20.2 Å². The van der Waals surface area contributed by atoms with Crippen molar-refractivity contribution in [2.24, 2.45) is 5.92 Å². The molecule has 0 radical (unpaired) electrons. The highest BCUT2D eigenvalue weighted by Crippen LogP contribution is 2.28. The first-order valence-corrected chi connectivity index (χ1v) is 11.6. The van der Waals surface area contributed by atoms with Gasteiger partial charge in [-0.15, -0.1) is 0 Å². The predicted molar refractivity (Wildman–Crippen MR) is 140 cm³/mol. The lowest BCUT2D eigenvalue weighted by Gasteiger charge is -2.21. The van der Waals surface area contributed by atoms with Crippen LogP contribution in [0.5, 0.6) is 5.75 Å². The normalized spacial score (nSPS) is 12.1. The van der Waals surface area contributed by atoms with Crippen LogP contribution in [0.1, 0.15) is 41.3 Å². The number of hydrogen-bond donors (Lipinski definition) is 1. The third-order valence-electron chi connectivity index (χ3n) is 5.69. The molecular weight excluding hydrogens is 462 g/mol. The molecule has 36 heavy (non-hydrogen) atoms. The highest BCUT2D eigenvalue weighted by molar-refractivity contribution is 6.07. The van der Waals surface area contributed by atoms with Crippen molar-refractivity contribution >= 4 is 29.1 Å². The number of benzene rings is 3. The van der Waals surface area contributed by atoms with Crippen molar-refractivity contribution in [2.75, 3.05) is 24.3 Å².